The molecule has 0 aliphatic carbocycles. The number of sulfonamides is 1. The number of aromatic nitrogens is 1. The molecule has 1 fully saturated rings. The van der Waals surface area contributed by atoms with Crippen molar-refractivity contribution < 1.29 is 27.5 Å². The van der Waals surface area contributed by atoms with Crippen LogP contribution in [0.5, 0.6) is 5.75 Å². The number of thiazole rings is 1. The van der Waals surface area contributed by atoms with E-state index in [4.69, 9.17) is 21.1 Å². The molecule has 0 saturated carbocycles. The summed E-state index contributed by atoms with van der Waals surface area (Å²) in [6, 6.07) is 10.2. The Kier molecular flexibility index (Phi) is 7.08. The van der Waals surface area contributed by atoms with Crippen LogP contribution in [-0.4, -0.2) is 56.0 Å². The predicted octanol–water partition coefficient (Wildman–Crippen LogP) is 2.82. The quantitative estimate of drug-likeness (QED) is 0.460. The molecule has 9 nitrogen and oxygen atoms in total. The number of halogens is 1. The van der Waals surface area contributed by atoms with Crippen LogP contribution < -0.4 is 9.54 Å². The van der Waals surface area contributed by atoms with Crippen LogP contribution in [0.1, 0.15) is 12.8 Å². The number of carbonyl (C=O) groups excluding carboxylic acids is 2. The molecule has 2 aromatic carbocycles. The van der Waals surface area contributed by atoms with Gasteiger partial charge in [-0.25, -0.2) is 8.42 Å². The summed E-state index contributed by atoms with van der Waals surface area (Å²) in [6.45, 7) is 0.0627. The van der Waals surface area contributed by atoms with Crippen LogP contribution in [0.15, 0.2) is 52.4 Å². The Hall–Kier alpha value is -2.73. The van der Waals surface area contributed by atoms with E-state index in [1.54, 1.807) is 34.9 Å². The number of methoxy groups -OCH3 is 2. The summed E-state index contributed by atoms with van der Waals surface area (Å²) in [4.78, 5) is 29.8. The van der Waals surface area contributed by atoms with E-state index in [0.717, 1.165) is 4.70 Å². The average molecular weight is 524 g/mol. The lowest BCUT2D eigenvalue weighted by molar-refractivity contribution is -0.141. The van der Waals surface area contributed by atoms with E-state index >= 15 is 0 Å². The molecule has 1 aliphatic rings. The average Bonchev–Trinajstić information content (AvgIpc) is 3.45. The third kappa shape index (κ3) is 4.74. The van der Waals surface area contributed by atoms with Crippen molar-refractivity contribution in [2.24, 2.45) is 4.99 Å². The van der Waals surface area contributed by atoms with Crippen LogP contribution in [0.25, 0.3) is 10.2 Å². The maximum Gasteiger partial charge on any atom is 0.325 e. The van der Waals surface area contributed by atoms with Gasteiger partial charge in [-0.15, -0.1) is 0 Å². The number of rotatable bonds is 6. The molecule has 34 heavy (non-hydrogen) atoms. The maximum atomic E-state index is 13.2. The first-order chi connectivity index (χ1) is 16.2. The second kappa shape index (κ2) is 9.87. The molecule has 1 saturated heterocycles. The number of ether oxygens (including phenoxy) is 2. The number of fused-ring (bicyclic) bond motifs is 1. The lowest BCUT2D eigenvalue weighted by Gasteiger charge is -2.21. The number of hydrogen-bond donors (Lipinski definition) is 0. The number of esters is 1. The zero-order valence-corrected chi connectivity index (χ0v) is 20.8. The summed E-state index contributed by atoms with van der Waals surface area (Å²) in [6.07, 6.45) is 0.886. The molecule has 1 amide bonds. The summed E-state index contributed by atoms with van der Waals surface area (Å²) >= 11 is 7.28. The fourth-order valence-electron chi connectivity index (χ4n) is 3.81. The summed E-state index contributed by atoms with van der Waals surface area (Å²) in [7, 11) is -1.14. The zero-order valence-electron chi connectivity index (χ0n) is 18.4. The van der Waals surface area contributed by atoms with E-state index in [1.807, 2.05) is 0 Å². The topological polar surface area (TPSA) is 107 Å². The van der Waals surface area contributed by atoms with Gasteiger partial charge in [0.2, 0.25) is 10.0 Å². The Bertz CT molecular complexity index is 1410. The fourth-order valence-corrected chi connectivity index (χ4v) is 6.77. The van der Waals surface area contributed by atoms with Crippen molar-refractivity contribution in [3.8, 4) is 5.75 Å². The molecule has 0 radical (unpaired) electrons. The van der Waals surface area contributed by atoms with Crippen molar-refractivity contribution in [2.45, 2.75) is 30.3 Å². The van der Waals surface area contributed by atoms with Crippen molar-refractivity contribution in [3.05, 3.63) is 52.3 Å². The van der Waals surface area contributed by atoms with Crippen LogP contribution >= 0.6 is 22.9 Å². The standard InChI is InChI=1S/C22H22ClN3O6S2/c1-31-15-6-8-16(9-7-15)34(29,30)26-11-3-4-18(26)21(28)24-22-25(13-20(27)32-2)17-10-5-14(23)12-19(17)33-22/h5-10,12,18H,3-4,11,13H2,1-2H3. The van der Waals surface area contributed by atoms with Gasteiger partial charge < -0.3 is 14.0 Å². The number of carbonyl (C=O) groups is 2. The normalized spacial score (nSPS) is 17.3. The molecular formula is C22H22ClN3O6S2. The molecule has 3 aromatic rings. The second-order valence-electron chi connectivity index (χ2n) is 7.56. The predicted molar refractivity (Wildman–Crippen MR) is 127 cm³/mol. The molecule has 180 valence electrons. The maximum absolute atomic E-state index is 13.2. The summed E-state index contributed by atoms with van der Waals surface area (Å²) in [5, 5.41) is 0.504. The number of hydrogen-bond acceptors (Lipinski definition) is 7. The van der Waals surface area contributed by atoms with Gasteiger partial charge in [-0.05, 0) is 55.3 Å². The first kappa shape index (κ1) is 24.4. The van der Waals surface area contributed by atoms with Crippen molar-refractivity contribution in [1.29, 1.82) is 0 Å². The lowest BCUT2D eigenvalue weighted by Crippen LogP contribution is -2.40. The molecule has 2 heterocycles. The van der Waals surface area contributed by atoms with Gasteiger partial charge in [0.05, 0.1) is 29.3 Å². The summed E-state index contributed by atoms with van der Waals surface area (Å²) < 4.78 is 39.8. The minimum atomic E-state index is -3.91. The van der Waals surface area contributed by atoms with Crippen molar-refractivity contribution >= 4 is 55.1 Å². The van der Waals surface area contributed by atoms with Crippen LogP contribution in [0, 0.1) is 0 Å². The summed E-state index contributed by atoms with van der Waals surface area (Å²) in [5.41, 5.74) is 0.667. The zero-order chi connectivity index (χ0) is 24.5. The van der Waals surface area contributed by atoms with Crippen molar-refractivity contribution in [2.75, 3.05) is 20.8 Å². The molecule has 12 heteroatoms. The highest BCUT2D eigenvalue weighted by Gasteiger charge is 2.39. The first-order valence-electron chi connectivity index (χ1n) is 10.3. The van der Waals surface area contributed by atoms with E-state index in [0.29, 0.717) is 29.1 Å². The highest BCUT2D eigenvalue weighted by molar-refractivity contribution is 7.89. The molecule has 0 N–H and O–H groups in total. The van der Waals surface area contributed by atoms with Crippen LogP contribution in [0.4, 0.5) is 0 Å². The van der Waals surface area contributed by atoms with Crippen molar-refractivity contribution in [3.63, 3.8) is 0 Å². The minimum absolute atomic E-state index is 0.0743. The molecule has 0 bridgehead atoms. The molecule has 0 spiro atoms. The highest BCUT2D eigenvalue weighted by atomic mass is 35.5. The Balaban J connectivity index is 1.71. The Morgan fingerprint density at radius 2 is 1.91 bits per heavy atom. The van der Waals surface area contributed by atoms with Gasteiger partial charge >= 0.3 is 5.97 Å². The number of amides is 1. The molecular weight excluding hydrogens is 502 g/mol. The van der Waals surface area contributed by atoms with Gasteiger partial charge in [0.15, 0.2) is 4.80 Å². The van der Waals surface area contributed by atoms with E-state index in [9.17, 15) is 18.0 Å². The van der Waals surface area contributed by atoms with Crippen molar-refractivity contribution in [1.82, 2.24) is 8.87 Å². The van der Waals surface area contributed by atoms with E-state index in [2.05, 4.69) is 4.99 Å². The van der Waals surface area contributed by atoms with Crippen LogP contribution in [0.2, 0.25) is 5.02 Å². The number of nitrogens with zero attached hydrogens (tertiary/aromatic N) is 3. The minimum Gasteiger partial charge on any atom is -0.497 e. The van der Waals surface area contributed by atoms with Crippen LogP contribution in [0.3, 0.4) is 0 Å². The molecule has 1 unspecified atom stereocenters. The monoisotopic (exact) mass is 523 g/mol. The largest absolute Gasteiger partial charge is 0.497 e. The van der Waals surface area contributed by atoms with Gasteiger partial charge in [0.1, 0.15) is 18.3 Å². The van der Waals surface area contributed by atoms with Gasteiger partial charge in [-0.1, -0.05) is 22.9 Å². The van der Waals surface area contributed by atoms with Gasteiger partial charge in [-0.3, -0.25) is 9.59 Å². The van der Waals surface area contributed by atoms with Crippen LogP contribution in [-0.2, 0) is 30.9 Å². The molecule has 1 atom stereocenters. The van der Waals surface area contributed by atoms with Gasteiger partial charge in [0, 0.05) is 11.6 Å². The third-order valence-electron chi connectivity index (χ3n) is 5.52. The van der Waals surface area contributed by atoms with Gasteiger partial charge in [0.25, 0.3) is 5.91 Å². The Morgan fingerprint density at radius 1 is 1.18 bits per heavy atom. The molecule has 1 aromatic heterocycles. The molecule has 1 aliphatic heterocycles. The Labute approximate surface area is 205 Å². The lowest BCUT2D eigenvalue weighted by atomic mass is 10.2. The Morgan fingerprint density at radius 3 is 2.59 bits per heavy atom. The van der Waals surface area contributed by atoms with E-state index < -0.39 is 27.9 Å². The summed E-state index contributed by atoms with van der Waals surface area (Å²) in [5.74, 6) is -0.568. The highest BCUT2D eigenvalue weighted by Crippen LogP contribution is 2.28. The SMILES string of the molecule is COC(=O)Cn1c(=NC(=O)C2CCCN2S(=O)(=O)c2ccc(OC)cc2)sc2cc(Cl)ccc21. The second-order valence-corrected chi connectivity index (χ2v) is 10.9. The molecule has 4 rings (SSSR count). The third-order valence-corrected chi connectivity index (χ3v) is 8.72. The fraction of sp³-hybridized carbons (Fsp3) is 0.318. The van der Waals surface area contributed by atoms with E-state index in [1.165, 1.54) is 42.0 Å². The number of benzene rings is 2. The van der Waals surface area contributed by atoms with E-state index in [-0.39, 0.29) is 22.8 Å². The smallest absolute Gasteiger partial charge is 0.325 e. The first-order valence-corrected chi connectivity index (χ1v) is 13.0. The van der Waals surface area contributed by atoms with Gasteiger partial charge in [-0.2, -0.15) is 9.30 Å².